The first-order chi connectivity index (χ1) is 19.2. The van der Waals surface area contributed by atoms with Gasteiger partial charge in [-0.2, -0.15) is 4.99 Å². The molecule has 0 bridgehead atoms. The van der Waals surface area contributed by atoms with Crippen LogP contribution in [-0.4, -0.2) is 55.0 Å². The molecule has 7 nitrogen and oxygen atoms in total. The van der Waals surface area contributed by atoms with Crippen LogP contribution in [0.5, 0.6) is 0 Å². The number of aryl methyl sites for hydroxylation is 1. The molecule has 4 aromatic carbocycles. The Morgan fingerprint density at radius 2 is 1.49 bits per heavy atom. The number of nitrogens with one attached hydrogen (secondary N) is 2. The van der Waals surface area contributed by atoms with Gasteiger partial charge in [0, 0.05) is 5.69 Å². The monoisotopic (exact) mass is 591 g/mol. The molecule has 1 heterocycles. The quantitative estimate of drug-likeness (QED) is 0.228. The summed E-state index contributed by atoms with van der Waals surface area (Å²) in [5, 5.41) is 3.57. The number of carbonyl (C=O) groups excluding carboxylic acids is 2. The molecule has 2 amide bonds. The van der Waals surface area contributed by atoms with Crippen molar-refractivity contribution in [3.8, 4) is 11.1 Å². The number of rotatable bonds is 7. The first-order valence-electron chi connectivity index (χ1n) is 12.4. The van der Waals surface area contributed by atoms with Crippen LogP contribution in [0.15, 0.2) is 118 Å². The van der Waals surface area contributed by atoms with Crippen molar-refractivity contribution in [1.29, 1.82) is 0 Å². The summed E-state index contributed by atoms with van der Waals surface area (Å²) in [6.07, 6.45) is 1.71. The van der Waals surface area contributed by atoms with Gasteiger partial charge < -0.3 is 5.32 Å². The Bertz CT molecular complexity index is 1720. The van der Waals surface area contributed by atoms with Gasteiger partial charge in [-0.25, -0.2) is 13.1 Å². The summed E-state index contributed by atoms with van der Waals surface area (Å²) in [5.74, 6) is -0.947. The van der Waals surface area contributed by atoms with Crippen LogP contribution < -0.4 is 10.0 Å². The van der Waals surface area contributed by atoms with Gasteiger partial charge in [-0.1, -0.05) is 84.4 Å². The Morgan fingerprint density at radius 3 is 2.15 bits per heavy atom. The molecule has 0 saturated carbocycles. The number of anilines is 1. The molecule has 202 valence electrons. The van der Waals surface area contributed by atoms with Crippen molar-refractivity contribution >= 4 is 80.1 Å². The van der Waals surface area contributed by atoms with Crippen molar-refractivity contribution in [2.24, 2.45) is 4.99 Å². The summed E-state index contributed by atoms with van der Waals surface area (Å²) in [7, 11) is -3.94. The maximum absolute atomic E-state index is 12.5. The van der Waals surface area contributed by atoms with Gasteiger partial charge in [0.2, 0.25) is 5.91 Å². The predicted octanol–water partition coefficient (Wildman–Crippen LogP) is 5.14. The summed E-state index contributed by atoms with van der Waals surface area (Å²) >= 11 is 1.25. The number of amides is 2. The number of hydrogen-bond donors (Lipinski definition) is 2. The zero-order valence-electron chi connectivity index (χ0n) is 21.5. The van der Waals surface area contributed by atoms with Gasteiger partial charge in [0.25, 0.3) is 15.9 Å². The second kappa shape index (κ2) is 13.5. The second-order valence-corrected chi connectivity index (χ2v) is 11.9. The normalized spacial score (nSPS) is 13.8. The summed E-state index contributed by atoms with van der Waals surface area (Å²) in [6, 6.07) is 31.2. The molecule has 4 aromatic rings. The summed E-state index contributed by atoms with van der Waals surface area (Å²) in [4.78, 5) is 29.5. The van der Waals surface area contributed by atoms with Gasteiger partial charge in [-0.15, -0.1) is 0 Å². The Hall–Kier alpha value is -3.47. The number of aliphatic imine (C=N–C) groups is 1. The van der Waals surface area contributed by atoms with E-state index in [1.165, 1.54) is 23.9 Å². The zero-order chi connectivity index (χ0) is 28.1. The number of thioether (sulfide) groups is 1. The van der Waals surface area contributed by atoms with E-state index < -0.39 is 15.9 Å². The SMILES string of the molecule is Cc1ccc(S(=O)(=O)NC(=O)Cc2ccc(NC3=NC(=O)/C(=C\c4ccc(-c5ccccc5)cc4)S3)cc2)cc1.[NaH]. The summed E-state index contributed by atoms with van der Waals surface area (Å²) in [5.41, 5.74) is 5.37. The molecule has 1 aliphatic heterocycles. The van der Waals surface area contributed by atoms with Crippen LogP contribution in [0.4, 0.5) is 5.69 Å². The molecule has 2 N–H and O–H groups in total. The first kappa shape index (κ1) is 30.5. The van der Waals surface area contributed by atoms with Gasteiger partial charge >= 0.3 is 29.6 Å². The molecular formula is C31H26N3NaO4S2. The molecule has 0 aromatic heterocycles. The molecular weight excluding hydrogens is 565 g/mol. The molecule has 10 heteroatoms. The third-order valence-corrected chi connectivity index (χ3v) is 8.37. The first-order valence-corrected chi connectivity index (χ1v) is 14.7. The minimum atomic E-state index is -3.94. The van der Waals surface area contributed by atoms with Crippen molar-refractivity contribution in [2.45, 2.75) is 18.2 Å². The molecule has 5 rings (SSSR count). The molecule has 41 heavy (non-hydrogen) atoms. The van der Waals surface area contributed by atoms with Crippen LogP contribution in [0.25, 0.3) is 17.2 Å². The zero-order valence-corrected chi connectivity index (χ0v) is 23.1. The van der Waals surface area contributed by atoms with Crippen molar-refractivity contribution in [2.75, 3.05) is 5.32 Å². The number of benzene rings is 4. The van der Waals surface area contributed by atoms with Gasteiger partial charge in [0.1, 0.15) is 0 Å². The average molecular weight is 592 g/mol. The van der Waals surface area contributed by atoms with E-state index in [4.69, 9.17) is 0 Å². The molecule has 1 aliphatic rings. The standard InChI is InChI=1S/C31H25N3O4S2.Na.H/c1-21-7-17-27(18-8-21)40(37,38)34-29(35)20-23-11-15-26(16-12-23)32-31-33-30(36)28(39-31)19-22-9-13-25(14-10-22)24-5-3-2-4-6-24;;/h2-19H,20H2,1H3,(H,34,35)(H,32,33,36);;/b28-19+;;. The Kier molecular flexibility index (Phi) is 10.0. The van der Waals surface area contributed by atoms with E-state index in [1.807, 2.05) is 67.6 Å². The fraction of sp³-hybridized carbons (Fsp3) is 0.0645. The van der Waals surface area contributed by atoms with Gasteiger partial charge in [0.05, 0.1) is 16.2 Å². The number of sulfonamides is 1. The van der Waals surface area contributed by atoms with E-state index >= 15 is 0 Å². The summed E-state index contributed by atoms with van der Waals surface area (Å²) in [6.45, 7) is 1.85. The maximum atomic E-state index is 12.5. The van der Waals surface area contributed by atoms with Crippen molar-refractivity contribution in [3.63, 3.8) is 0 Å². The third-order valence-electron chi connectivity index (χ3n) is 6.09. The molecule has 0 spiro atoms. The van der Waals surface area contributed by atoms with E-state index in [-0.39, 0.29) is 46.8 Å². The van der Waals surface area contributed by atoms with Gasteiger partial charge in [-0.05, 0) is 71.3 Å². The molecule has 0 fully saturated rings. The van der Waals surface area contributed by atoms with Crippen LogP contribution in [0.2, 0.25) is 0 Å². The van der Waals surface area contributed by atoms with E-state index in [2.05, 4.69) is 15.0 Å². The van der Waals surface area contributed by atoms with E-state index in [0.29, 0.717) is 21.3 Å². The molecule has 0 unspecified atom stereocenters. The summed E-state index contributed by atoms with van der Waals surface area (Å²) < 4.78 is 27.0. The van der Waals surface area contributed by atoms with Crippen molar-refractivity contribution in [3.05, 3.63) is 125 Å². The van der Waals surface area contributed by atoms with Gasteiger partial charge in [-0.3, -0.25) is 9.59 Å². The number of hydrogen-bond acceptors (Lipinski definition) is 6. The topological polar surface area (TPSA) is 105 Å². The van der Waals surface area contributed by atoms with E-state index in [9.17, 15) is 18.0 Å². The number of nitrogens with zero attached hydrogens (tertiary/aromatic N) is 1. The molecule has 0 atom stereocenters. The minimum absolute atomic E-state index is 0. The average Bonchev–Trinajstić information content (AvgIpc) is 3.28. The van der Waals surface area contributed by atoms with Gasteiger partial charge in [0.15, 0.2) is 5.17 Å². The second-order valence-electron chi connectivity index (χ2n) is 9.16. The van der Waals surface area contributed by atoms with Crippen LogP contribution >= 0.6 is 11.8 Å². The fourth-order valence-electron chi connectivity index (χ4n) is 3.99. The molecule has 0 aliphatic carbocycles. The number of carbonyl (C=O) groups is 2. The van der Waals surface area contributed by atoms with Crippen molar-refractivity contribution < 1.29 is 18.0 Å². The molecule has 0 saturated heterocycles. The van der Waals surface area contributed by atoms with Crippen LogP contribution in [0, 0.1) is 6.92 Å². The van der Waals surface area contributed by atoms with Crippen LogP contribution in [0.3, 0.4) is 0 Å². The van der Waals surface area contributed by atoms with Crippen molar-refractivity contribution in [1.82, 2.24) is 4.72 Å². The van der Waals surface area contributed by atoms with E-state index in [1.54, 1.807) is 36.4 Å². The van der Waals surface area contributed by atoms with Crippen LogP contribution in [0.1, 0.15) is 16.7 Å². The Balaban J connectivity index is 0.00000387. The van der Waals surface area contributed by atoms with Crippen LogP contribution in [-0.2, 0) is 26.0 Å². The Labute approximate surface area is 265 Å². The predicted molar refractivity (Wildman–Crippen MR) is 167 cm³/mol. The third kappa shape index (κ3) is 8.06. The number of amidine groups is 1. The fourth-order valence-corrected chi connectivity index (χ4v) is 5.81. The molecule has 0 radical (unpaired) electrons. The van der Waals surface area contributed by atoms with E-state index in [0.717, 1.165) is 22.3 Å². The Morgan fingerprint density at radius 1 is 0.854 bits per heavy atom.